The number of rotatable bonds is 3. The van der Waals surface area contributed by atoms with Crippen molar-refractivity contribution in [3.05, 3.63) is 15.6 Å². The Hall–Kier alpha value is -1.47. The molecule has 3 rings (SSSR count). The van der Waals surface area contributed by atoms with Crippen LogP contribution < -0.4 is 0 Å². The Labute approximate surface area is 147 Å². The van der Waals surface area contributed by atoms with Crippen molar-refractivity contribution in [3.63, 3.8) is 0 Å². The number of aryl methyl sites for hydroxylation is 2. The number of piperazine rings is 1. The molecule has 0 unspecified atom stereocenters. The summed E-state index contributed by atoms with van der Waals surface area (Å²) in [7, 11) is 0. The third-order valence-corrected chi connectivity index (χ3v) is 5.89. The summed E-state index contributed by atoms with van der Waals surface area (Å²) in [5.41, 5.74) is 0.824. The van der Waals surface area contributed by atoms with Gasteiger partial charge in [0, 0.05) is 39.3 Å². The highest BCUT2D eigenvalue weighted by atomic mass is 32.1. The number of hydrogen-bond donors (Lipinski definition) is 0. The van der Waals surface area contributed by atoms with Crippen molar-refractivity contribution in [2.75, 3.05) is 45.8 Å². The molecule has 2 saturated heterocycles. The molecule has 7 heteroatoms. The van der Waals surface area contributed by atoms with Gasteiger partial charge in [-0.2, -0.15) is 0 Å². The van der Waals surface area contributed by atoms with Gasteiger partial charge in [-0.3, -0.25) is 14.5 Å². The summed E-state index contributed by atoms with van der Waals surface area (Å²) in [5, 5.41) is 0.932. The van der Waals surface area contributed by atoms with E-state index in [1.54, 1.807) is 0 Å². The van der Waals surface area contributed by atoms with E-state index in [9.17, 15) is 9.59 Å². The fraction of sp³-hybridized carbons (Fsp3) is 0.706. The average Bonchev–Trinajstić information content (AvgIpc) is 2.94. The molecule has 24 heavy (non-hydrogen) atoms. The smallest absolute Gasteiger partial charge is 0.265 e. The molecular weight excluding hydrogens is 324 g/mol. The van der Waals surface area contributed by atoms with Crippen LogP contribution in [0.1, 0.15) is 39.6 Å². The van der Waals surface area contributed by atoms with Crippen molar-refractivity contribution in [1.29, 1.82) is 0 Å². The van der Waals surface area contributed by atoms with E-state index in [0.29, 0.717) is 19.6 Å². The Morgan fingerprint density at radius 2 is 1.62 bits per heavy atom. The van der Waals surface area contributed by atoms with E-state index >= 15 is 0 Å². The first-order valence-corrected chi connectivity index (χ1v) is 9.59. The molecule has 0 N–H and O–H groups in total. The molecule has 0 aliphatic carbocycles. The minimum absolute atomic E-state index is 0.0834. The number of aromatic nitrogens is 1. The molecule has 2 amide bonds. The van der Waals surface area contributed by atoms with Crippen LogP contribution in [0.4, 0.5) is 0 Å². The normalized spacial score (nSPS) is 19.6. The maximum Gasteiger partial charge on any atom is 0.265 e. The van der Waals surface area contributed by atoms with Crippen LogP contribution in [0.3, 0.4) is 0 Å². The maximum atomic E-state index is 12.6. The molecule has 2 aliphatic heterocycles. The number of amides is 2. The van der Waals surface area contributed by atoms with Crippen LogP contribution in [0.25, 0.3) is 0 Å². The van der Waals surface area contributed by atoms with Gasteiger partial charge in [-0.15, -0.1) is 11.3 Å². The summed E-state index contributed by atoms with van der Waals surface area (Å²) >= 11 is 1.47. The van der Waals surface area contributed by atoms with Gasteiger partial charge in [0.2, 0.25) is 5.91 Å². The standard InChI is InChI=1S/C17H26N4O2S/c1-13-16(24-14(2)18-13)17(23)21-10-8-19(9-11-21)12-15(22)20-6-4-3-5-7-20/h3-12H2,1-2H3. The van der Waals surface area contributed by atoms with Crippen LogP contribution in [-0.4, -0.2) is 77.3 Å². The van der Waals surface area contributed by atoms with Crippen LogP contribution >= 0.6 is 11.3 Å². The molecule has 0 aromatic carbocycles. The lowest BCUT2D eigenvalue weighted by molar-refractivity contribution is -0.133. The second kappa shape index (κ2) is 7.61. The van der Waals surface area contributed by atoms with E-state index in [-0.39, 0.29) is 11.8 Å². The first kappa shape index (κ1) is 17.4. The fourth-order valence-corrected chi connectivity index (χ4v) is 4.30. The van der Waals surface area contributed by atoms with Crippen molar-refractivity contribution in [1.82, 2.24) is 19.7 Å². The van der Waals surface area contributed by atoms with Crippen molar-refractivity contribution in [2.24, 2.45) is 0 Å². The van der Waals surface area contributed by atoms with Gasteiger partial charge in [-0.05, 0) is 33.1 Å². The molecule has 1 aromatic heterocycles. The highest BCUT2D eigenvalue weighted by Crippen LogP contribution is 2.20. The van der Waals surface area contributed by atoms with Gasteiger partial charge < -0.3 is 9.80 Å². The molecule has 2 fully saturated rings. The van der Waals surface area contributed by atoms with Crippen molar-refractivity contribution in [2.45, 2.75) is 33.1 Å². The average molecular weight is 350 g/mol. The topological polar surface area (TPSA) is 56.8 Å². The molecule has 0 atom stereocenters. The van der Waals surface area contributed by atoms with Crippen molar-refractivity contribution in [3.8, 4) is 0 Å². The zero-order valence-corrected chi connectivity index (χ0v) is 15.4. The largest absolute Gasteiger partial charge is 0.342 e. The lowest BCUT2D eigenvalue weighted by Gasteiger charge is -2.36. The Kier molecular flexibility index (Phi) is 5.50. The predicted molar refractivity (Wildman–Crippen MR) is 94.4 cm³/mol. The SMILES string of the molecule is Cc1nc(C)c(C(=O)N2CCN(CC(=O)N3CCCCC3)CC2)s1. The summed E-state index contributed by atoms with van der Waals surface area (Å²) in [5.74, 6) is 0.323. The number of carbonyl (C=O) groups excluding carboxylic acids is 2. The number of likely N-dealkylation sites (tertiary alicyclic amines) is 1. The van der Waals surface area contributed by atoms with Gasteiger partial charge in [-0.25, -0.2) is 4.98 Å². The zero-order valence-electron chi connectivity index (χ0n) is 14.6. The molecule has 0 radical (unpaired) electrons. The van der Waals surface area contributed by atoms with E-state index in [2.05, 4.69) is 9.88 Å². The van der Waals surface area contributed by atoms with E-state index in [1.807, 2.05) is 23.6 Å². The lowest BCUT2D eigenvalue weighted by Crippen LogP contribution is -2.52. The highest BCUT2D eigenvalue weighted by molar-refractivity contribution is 7.13. The summed E-state index contributed by atoms with van der Waals surface area (Å²) in [6.45, 7) is 9.02. The molecule has 1 aromatic rings. The van der Waals surface area contributed by atoms with Crippen LogP contribution in [0.5, 0.6) is 0 Å². The Bertz CT molecular complexity index is 602. The predicted octanol–water partition coefficient (Wildman–Crippen LogP) is 1.53. The number of thiazole rings is 1. The van der Waals surface area contributed by atoms with Crippen molar-refractivity contribution >= 4 is 23.2 Å². The van der Waals surface area contributed by atoms with Crippen LogP contribution in [0.2, 0.25) is 0 Å². The molecule has 3 heterocycles. The van der Waals surface area contributed by atoms with Gasteiger partial charge in [0.15, 0.2) is 0 Å². The number of nitrogens with zero attached hydrogens (tertiary/aromatic N) is 4. The molecule has 2 aliphatic rings. The van der Waals surface area contributed by atoms with E-state index in [4.69, 9.17) is 0 Å². The third kappa shape index (κ3) is 3.95. The van der Waals surface area contributed by atoms with Gasteiger partial charge in [0.25, 0.3) is 5.91 Å². The quantitative estimate of drug-likeness (QED) is 0.830. The Morgan fingerprint density at radius 3 is 2.21 bits per heavy atom. The number of carbonyl (C=O) groups is 2. The Balaban J connectivity index is 1.49. The second-order valence-corrected chi connectivity index (χ2v) is 7.86. The molecule has 0 spiro atoms. The number of hydrogen-bond acceptors (Lipinski definition) is 5. The van der Waals surface area contributed by atoms with Crippen LogP contribution in [0, 0.1) is 13.8 Å². The zero-order chi connectivity index (χ0) is 17.1. The summed E-state index contributed by atoms with van der Waals surface area (Å²) in [4.78, 5) is 36.1. The minimum atomic E-state index is 0.0834. The monoisotopic (exact) mass is 350 g/mol. The van der Waals surface area contributed by atoms with E-state index in [1.165, 1.54) is 17.8 Å². The second-order valence-electron chi connectivity index (χ2n) is 6.66. The first-order valence-electron chi connectivity index (χ1n) is 8.78. The Morgan fingerprint density at radius 1 is 0.958 bits per heavy atom. The highest BCUT2D eigenvalue weighted by Gasteiger charge is 2.27. The molecular formula is C17H26N4O2S. The molecule has 132 valence electrons. The van der Waals surface area contributed by atoms with Gasteiger partial charge in [0.1, 0.15) is 4.88 Å². The van der Waals surface area contributed by atoms with Gasteiger partial charge >= 0.3 is 0 Å². The number of piperidine rings is 1. The molecule has 0 saturated carbocycles. The van der Waals surface area contributed by atoms with Crippen LogP contribution in [0.15, 0.2) is 0 Å². The van der Waals surface area contributed by atoms with Crippen LogP contribution in [-0.2, 0) is 4.79 Å². The third-order valence-electron chi connectivity index (χ3n) is 4.82. The summed E-state index contributed by atoms with van der Waals surface area (Å²) < 4.78 is 0. The van der Waals surface area contributed by atoms with Crippen molar-refractivity contribution < 1.29 is 9.59 Å². The fourth-order valence-electron chi connectivity index (χ4n) is 3.42. The maximum absolute atomic E-state index is 12.6. The first-order chi connectivity index (χ1) is 11.5. The molecule has 6 nitrogen and oxygen atoms in total. The summed E-state index contributed by atoms with van der Waals surface area (Å²) in [6, 6.07) is 0. The van der Waals surface area contributed by atoms with E-state index < -0.39 is 0 Å². The lowest BCUT2D eigenvalue weighted by atomic mass is 10.1. The minimum Gasteiger partial charge on any atom is -0.342 e. The van der Waals surface area contributed by atoms with Gasteiger partial charge in [0.05, 0.1) is 17.2 Å². The van der Waals surface area contributed by atoms with Gasteiger partial charge in [-0.1, -0.05) is 0 Å². The van der Waals surface area contributed by atoms with E-state index in [0.717, 1.165) is 54.6 Å². The summed E-state index contributed by atoms with van der Waals surface area (Å²) in [6.07, 6.45) is 3.49. The molecule has 0 bridgehead atoms.